The van der Waals surface area contributed by atoms with Crippen LogP contribution >= 0.6 is 24.0 Å². The number of carbonyl (C=O) groups is 1. The van der Waals surface area contributed by atoms with Crippen molar-refractivity contribution in [2.24, 2.45) is 16.8 Å². The van der Waals surface area contributed by atoms with Crippen molar-refractivity contribution in [1.29, 1.82) is 0 Å². The summed E-state index contributed by atoms with van der Waals surface area (Å²) in [6.45, 7) is 12.1. The molecule has 4 aliphatic rings. The van der Waals surface area contributed by atoms with E-state index in [1.54, 1.807) is 0 Å². The largest absolute Gasteiger partial charge is 0.444 e. The SMILES string of the molecule is CN=C(NCC1CCN(C2CC2)C1)N1CCC(N(CC2CC2)C(=O)OC(C)(C)C)CC1.I. The number of rotatable bonds is 6. The van der Waals surface area contributed by atoms with Crippen LogP contribution in [0.4, 0.5) is 4.79 Å². The number of hydrogen-bond acceptors (Lipinski definition) is 4. The summed E-state index contributed by atoms with van der Waals surface area (Å²) in [5.41, 5.74) is -0.444. The molecule has 0 aromatic rings. The van der Waals surface area contributed by atoms with Gasteiger partial charge < -0.3 is 24.8 Å². The summed E-state index contributed by atoms with van der Waals surface area (Å²) in [5, 5.41) is 3.65. The van der Waals surface area contributed by atoms with Crippen LogP contribution in [0.25, 0.3) is 0 Å². The molecule has 8 heteroatoms. The maximum absolute atomic E-state index is 12.9. The summed E-state index contributed by atoms with van der Waals surface area (Å²) in [5.74, 6) is 2.42. The van der Waals surface area contributed by atoms with Crippen LogP contribution in [0.3, 0.4) is 0 Å². The number of nitrogens with zero attached hydrogens (tertiary/aromatic N) is 4. The second kappa shape index (κ2) is 11.1. The Morgan fingerprint density at radius 2 is 1.72 bits per heavy atom. The predicted molar refractivity (Wildman–Crippen MR) is 140 cm³/mol. The molecule has 32 heavy (non-hydrogen) atoms. The third-order valence-electron chi connectivity index (χ3n) is 7.13. The molecule has 4 rings (SSSR count). The number of amides is 1. The molecule has 2 saturated heterocycles. The maximum Gasteiger partial charge on any atom is 0.410 e. The van der Waals surface area contributed by atoms with E-state index in [1.807, 2.05) is 32.7 Å². The third kappa shape index (κ3) is 7.37. The molecule has 7 nitrogen and oxygen atoms in total. The van der Waals surface area contributed by atoms with Gasteiger partial charge in [0, 0.05) is 51.9 Å². The van der Waals surface area contributed by atoms with E-state index < -0.39 is 5.60 Å². The molecular weight excluding hydrogens is 517 g/mol. The number of likely N-dealkylation sites (tertiary alicyclic amines) is 2. The van der Waals surface area contributed by atoms with Crippen LogP contribution in [0, 0.1) is 11.8 Å². The topological polar surface area (TPSA) is 60.4 Å². The Labute approximate surface area is 211 Å². The van der Waals surface area contributed by atoms with Crippen molar-refractivity contribution < 1.29 is 9.53 Å². The zero-order chi connectivity index (χ0) is 22.0. The molecule has 1 unspecified atom stereocenters. The molecule has 2 heterocycles. The summed E-state index contributed by atoms with van der Waals surface area (Å²) < 4.78 is 5.74. The maximum atomic E-state index is 12.9. The molecule has 1 atom stereocenters. The van der Waals surface area contributed by atoms with Crippen molar-refractivity contribution in [3.05, 3.63) is 0 Å². The van der Waals surface area contributed by atoms with Crippen LogP contribution in [0.15, 0.2) is 4.99 Å². The minimum absolute atomic E-state index is 0. The van der Waals surface area contributed by atoms with E-state index in [2.05, 4.69) is 20.1 Å². The van der Waals surface area contributed by atoms with Gasteiger partial charge in [-0.2, -0.15) is 0 Å². The summed E-state index contributed by atoms with van der Waals surface area (Å²) in [6.07, 6.45) is 8.41. The van der Waals surface area contributed by atoms with Crippen LogP contribution in [-0.2, 0) is 4.74 Å². The number of hydrogen-bond donors (Lipinski definition) is 1. The van der Waals surface area contributed by atoms with Gasteiger partial charge in [-0.05, 0) is 84.1 Å². The zero-order valence-corrected chi connectivity index (χ0v) is 22.8. The Kier molecular flexibility index (Phi) is 8.97. The number of ether oxygens (including phenoxy) is 1. The van der Waals surface area contributed by atoms with Crippen molar-refractivity contribution >= 4 is 36.0 Å². The van der Waals surface area contributed by atoms with E-state index in [4.69, 9.17) is 4.74 Å². The fourth-order valence-electron chi connectivity index (χ4n) is 5.03. The first-order valence-corrected chi connectivity index (χ1v) is 12.5. The molecule has 2 saturated carbocycles. The molecule has 0 bridgehead atoms. The fourth-order valence-corrected chi connectivity index (χ4v) is 5.03. The number of piperidine rings is 1. The first kappa shape index (κ1) is 25.8. The lowest BCUT2D eigenvalue weighted by Crippen LogP contribution is -2.53. The number of carbonyl (C=O) groups excluding carboxylic acids is 1. The van der Waals surface area contributed by atoms with Crippen LogP contribution in [0.5, 0.6) is 0 Å². The van der Waals surface area contributed by atoms with Crippen LogP contribution in [-0.4, -0.2) is 90.8 Å². The quantitative estimate of drug-likeness (QED) is 0.304. The van der Waals surface area contributed by atoms with Gasteiger partial charge in [-0.25, -0.2) is 4.79 Å². The van der Waals surface area contributed by atoms with Gasteiger partial charge in [0.1, 0.15) is 5.60 Å². The smallest absolute Gasteiger partial charge is 0.410 e. The first-order chi connectivity index (χ1) is 14.8. The second-order valence-electron chi connectivity index (χ2n) is 11.1. The Morgan fingerprint density at radius 1 is 1.03 bits per heavy atom. The Morgan fingerprint density at radius 3 is 2.28 bits per heavy atom. The van der Waals surface area contributed by atoms with Gasteiger partial charge in [-0.15, -0.1) is 24.0 Å². The van der Waals surface area contributed by atoms with Gasteiger partial charge in [0.2, 0.25) is 0 Å². The van der Waals surface area contributed by atoms with Crippen molar-refractivity contribution in [3.63, 3.8) is 0 Å². The van der Waals surface area contributed by atoms with E-state index in [0.29, 0.717) is 5.92 Å². The fraction of sp³-hybridized carbons (Fsp3) is 0.917. The van der Waals surface area contributed by atoms with Gasteiger partial charge in [0.15, 0.2) is 5.96 Å². The Balaban J connectivity index is 0.00000289. The van der Waals surface area contributed by atoms with E-state index in [-0.39, 0.29) is 36.1 Å². The Bertz CT molecular complexity index is 651. The van der Waals surface area contributed by atoms with E-state index in [0.717, 1.165) is 56.9 Å². The minimum atomic E-state index is -0.444. The van der Waals surface area contributed by atoms with Gasteiger partial charge in [0.25, 0.3) is 0 Å². The summed E-state index contributed by atoms with van der Waals surface area (Å²) in [7, 11) is 1.89. The number of guanidine groups is 1. The van der Waals surface area contributed by atoms with E-state index in [1.165, 1.54) is 45.2 Å². The monoisotopic (exact) mass is 561 g/mol. The molecular formula is C24H44IN5O2. The molecule has 0 aromatic heterocycles. The van der Waals surface area contributed by atoms with Gasteiger partial charge in [-0.1, -0.05) is 0 Å². The lowest BCUT2D eigenvalue weighted by atomic mass is 10.0. The van der Waals surface area contributed by atoms with Crippen LogP contribution in [0.2, 0.25) is 0 Å². The molecule has 2 aliphatic carbocycles. The predicted octanol–water partition coefficient (Wildman–Crippen LogP) is 3.78. The van der Waals surface area contributed by atoms with Crippen LogP contribution < -0.4 is 5.32 Å². The standard InChI is InChI=1S/C24H43N5O2.HI/c1-24(2,3)31-23(30)29(17-18-5-6-18)21-10-13-27(14-11-21)22(25-4)26-15-19-9-12-28(16-19)20-7-8-20;/h18-21H,5-17H2,1-4H3,(H,25,26);1H. The highest BCUT2D eigenvalue weighted by atomic mass is 127. The average molecular weight is 562 g/mol. The van der Waals surface area contributed by atoms with Crippen molar-refractivity contribution in [3.8, 4) is 0 Å². The number of nitrogens with one attached hydrogen (secondary N) is 1. The van der Waals surface area contributed by atoms with E-state index >= 15 is 0 Å². The molecule has 0 radical (unpaired) electrons. The van der Waals surface area contributed by atoms with Crippen molar-refractivity contribution in [2.45, 2.75) is 83.4 Å². The molecule has 1 N–H and O–H groups in total. The first-order valence-electron chi connectivity index (χ1n) is 12.5. The normalized spacial score (nSPS) is 25.4. The minimum Gasteiger partial charge on any atom is -0.444 e. The lowest BCUT2D eigenvalue weighted by Gasteiger charge is -2.40. The van der Waals surface area contributed by atoms with Crippen LogP contribution in [0.1, 0.15) is 65.7 Å². The van der Waals surface area contributed by atoms with Crippen molar-refractivity contribution in [2.75, 3.05) is 46.3 Å². The highest BCUT2D eigenvalue weighted by molar-refractivity contribution is 14.0. The Hall–Kier alpha value is -0.770. The highest BCUT2D eigenvalue weighted by Gasteiger charge is 2.36. The summed E-state index contributed by atoms with van der Waals surface area (Å²) >= 11 is 0. The molecule has 0 spiro atoms. The lowest BCUT2D eigenvalue weighted by molar-refractivity contribution is 0.00928. The third-order valence-corrected chi connectivity index (χ3v) is 7.13. The molecule has 1 amide bonds. The second-order valence-corrected chi connectivity index (χ2v) is 11.1. The van der Waals surface area contributed by atoms with Gasteiger partial charge in [0.05, 0.1) is 0 Å². The van der Waals surface area contributed by atoms with Crippen molar-refractivity contribution in [1.82, 2.24) is 20.0 Å². The molecule has 184 valence electrons. The summed E-state index contributed by atoms with van der Waals surface area (Å²) in [6, 6.07) is 1.15. The van der Waals surface area contributed by atoms with Gasteiger partial charge in [-0.3, -0.25) is 4.99 Å². The highest BCUT2D eigenvalue weighted by Crippen LogP contribution is 2.33. The molecule has 2 aliphatic heterocycles. The number of aliphatic imine (C=N–C) groups is 1. The number of halogens is 1. The summed E-state index contributed by atoms with van der Waals surface area (Å²) in [4.78, 5) is 24.5. The van der Waals surface area contributed by atoms with Gasteiger partial charge >= 0.3 is 6.09 Å². The molecule has 0 aromatic carbocycles. The zero-order valence-electron chi connectivity index (χ0n) is 20.5. The molecule has 4 fully saturated rings. The average Bonchev–Trinajstić information content (AvgIpc) is 3.66. The van der Waals surface area contributed by atoms with E-state index in [9.17, 15) is 4.79 Å².